The van der Waals surface area contributed by atoms with Crippen molar-refractivity contribution < 1.29 is 24.2 Å². The minimum absolute atomic E-state index is 0.303. The second-order valence-electron chi connectivity index (χ2n) is 12.8. The van der Waals surface area contributed by atoms with E-state index in [0.29, 0.717) is 16.7 Å². The molecule has 0 bridgehead atoms. The minimum atomic E-state index is 0.303. The van der Waals surface area contributed by atoms with Crippen molar-refractivity contribution in [2.24, 2.45) is 16.7 Å². The van der Waals surface area contributed by atoms with E-state index in [9.17, 15) is 0 Å². The fourth-order valence-electron chi connectivity index (χ4n) is 4.32. The molecule has 2 aliphatic rings. The van der Waals surface area contributed by atoms with Crippen LogP contribution in [0.25, 0.3) is 0 Å². The molecule has 0 aliphatic heterocycles. The molecule has 0 N–H and O–H groups in total. The van der Waals surface area contributed by atoms with Gasteiger partial charge in [0.2, 0.25) is 0 Å². The quantitative estimate of drug-likeness (QED) is 0.309. The molecule has 0 radical (unpaired) electrons. The number of hydrogen-bond donors (Lipinski definition) is 0. The summed E-state index contributed by atoms with van der Waals surface area (Å²) in [5.74, 6) is 0.522. The average molecular weight is 584 g/mol. The molecule has 200 valence electrons. The first-order valence-corrected chi connectivity index (χ1v) is 15.1. The van der Waals surface area contributed by atoms with E-state index in [-0.39, 0.29) is 0 Å². The van der Waals surface area contributed by atoms with Crippen molar-refractivity contribution in [1.29, 1.82) is 0 Å². The van der Waals surface area contributed by atoms with Gasteiger partial charge >= 0.3 is 125 Å². The van der Waals surface area contributed by atoms with Gasteiger partial charge in [0.05, 0.1) is 0 Å². The average Bonchev–Trinajstić information content (AvgIpc) is 3.46. The van der Waals surface area contributed by atoms with Gasteiger partial charge in [0.1, 0.15) is 0 Å². The van der Waals surface area contributed by atoms with Gasteiger partial charge in [0.15, 0.2) is 0 Å². The fourth-order valence-corrected chi connectivity index (χ4v) is 5.65. The molecule has 0 fully saturated rings. The first-order valence-electron chi connectivity index (χ1n) is 13.8. The van der Waals surface area contributed by atoms with Gasteiger partial charge in [-0.15, -0.1) is 6.42 Å². The van der Waals surface area contributed by atoms with Crippen LogP contribution in [0, 0.1) is 56.6 Å². The van der Waals surface area contributed by atoms with E-state index < -0.39 is 0 Å². The maximum absolute atomic E-state index is 3.30. The molecule has 0 amide bonds. The van der Waals surface area contributed by atoms with Crippen LogP contribution in [0.5, 0.6) is 0 Å². The van der Waals surface area contributed by atoms with Crippen LogP contribution in [0.4, 0.5) is 0 Å². The zero-order valence-corrected chi connectivity index (χ0v) is 28.4. The fraction of sp³-hybridized carbons (Fsp3) is 0.432. The second-order valence-corrected chi connectivity index (χ2v) is 14.0. The number of aryl methyl sites for hydroxylation is 2. The van der Waals surface area contributed by atoms with Crippen LogP contribution in [0.3, 0.4) is 0 Å². The van der Waals surface area contributed by atoms with Gasteiger partial charge in [-0.3, -0.25) is 12.2 Å². The van der Waals surface area contributed by atoms with Gasteiger partial charge in [0, 0.05) is 0 Å². The Hall–Kier alpha value is -1.85. The molecule has 2 aliphatic carbocycles. The van der Waals surface area contributed by atoms with Gasteiger partial charge in [0.25, 0.3) is 0 Å². The molecule has 0 saturated carbocycles. The van der Waals surface area contributed by atoms with E-state index in [1.807, 2.05) is 0 Å². The van der Waals surface area contributed by atoms with Crippen molar-refractivity contribution >= 4 is 3.21 Å². The van der Waals surface area contributed by atoms with Gasteiger partial charge in [-0.25, -0.2) is 17.7 Å². The molecule has 1 unspecified atom stereocenters. The summed E-state index contributed by atoms with van der Waals surface area (Å²) >= 11 is 1.48. The topological polar surface area (TPSA) is 0 Å². The molecular weight excluding hydrogens is 536 g/mol. The predicted octanol–water partition coefficient (Wildman–Crippen LogP) is 10.1. The number of benzene rings is 2. The molecule has 1 atom stereocenters. The monoisotopic (exact) mass is 582 g/mol. The Labute approximate surface area is 249 Å². The van der Waals surface area contributed by atoms with E-state index in [0.717, 1.165) is 6.42 Å². The number of allylic oxidation sites excluding steroid dienone is 8. The van der Waals surface area contributed by atoms with Crippen molar-refractivity contribution in [2.45, 2.75) is 89.5 Å². The van der Waals surface area contributed by atoms with Crippen molar-refractivity contribution in [2.75, 3.05) is 0 Å². The summed E-state index contributed by atoms with van der Waals surface area (Å²) in [5.41, 5.74) is 13.2. The zero-order valence-electron chi connectivity index (χ0n) is 26.0. The molecule has 0 aromatic heterocycles. The Morgan fingerprint density at radius 2 is 1.29 bits per heavy atom. The third kappa shape index (κ3) is 9.12. The van der Waals surface area contributed by atoms with E-state index in [1.54, 1.807) is 0 Å². The van der Waals surface area contributed by atoms with Crippen molar-refractivity contribution in [3.05, 3.63) is 117 Å². The van der Waals surface area contributed by atoms with Crippen molar-refractivity contribution in [3.8, 4) is 0 Å². The summed E-state index contributed by atoms with van der Waals surface area (Å²) in [7, 11) is 0. The standard InChI is InChI=1S/C17H18.2C10H15.Zr/c1-12-7-5-9-16(14(12)3)11-17-10-6-8-13(2)15(17)4;2*1-8-5-6-9(7-8)10(2,3)4;/h5-10H,1-4H3;7H,6H2,1-4H3;6-8H,1-4H3;/q;2*-1;+2. The summed E-state index contributed by atoms with van der Waals surface area (Å²) in [4.78, 5) is 0. The van der Waals surface area contributed by atoms with E-state index in [1.165, 1.54) is 77.5 Å². The SMILES string of the molecule is CC1=[C-]CC(C(C)(C)C)=C1.CC1[C-]=CC(C(C)(C)C)=C1.Cc1cccc([C](=[Zr+2])c2cccc(C)c2C)c1C. The van der Waals surface area contributed by atoms with E-state index >= 15 is 0 Å². The Morgan fingerprint density at radius 3 is 1.58 bits per heavy atom. The third-order valence-electron chi connectivity index (χ3n) is 7.46. The van der Waals surface area contributed by atoms with Gasteiger partial charge in [-0.1, -0.05) is 66.7 Å². The second kappa shape index (κ2) is 13.5. The normalized spacial score (nSPS) is 16.6. The van der Waals surface area contributed by atoms with Crippen molar-refractivity contribution in [3.63, 3.8) is 0 Å². The summed E-state index contributed by atoms with van der Waals surface area (Å²) in [6.07, 6.45) is 14.2. The molecule has 2 aromatic rings. The molecular formula is C37H48Zr. The van der Waals surface area contributed by atoms with Crippen LogP contribution < -0.4 is 0 Å². The summed E-state index contributed by atoms with van der Waals surface area (Å²) in [6, 6.07) is 13.2. The van der Waals surface area contributed by atoms with Gasteiger partial charge in [-0.2, -0.15) is 17.2 Å². The zero-order chi connectivity index (χ0) is 28.8. The van der Waals surface area contributed by atoms with Crippen molar-refractivity contribution in [1.82, 2.24) is 0 Å². The molecule has 2 aromatic carbocycles. The summed E-state index contributed by atoms with van der Waals surface area (Å²) in [5, 5.41) is 0. The summed E-state index contributed by atoms with van der Waals surface area (Å²) in [6.45, 7) is 26.5. The predicted molar refractivity (Wildman–Crippen MR) is 164 cm³/mol. The first-order chi connectivity index (χ1) is 17.5. The van der Waals surface area contributed by atoms with Crippen LogP contribution in [0.1, 0.15) is 95.2 Å². The summed E-state index contributed by atoms with van der Waals surface area (Å²) < 4.78 is 1.46. The maximum atomic E-state index is 3.30. The van der Waals surface area contributed by atoms with Crippen LogP contribution in [0.15, 0.2) is 71.3 Å². The van der Waals surface area contributed by atoms with Gasteiger partial charge in [-0.05, 0) is 5.41 Å². The Bertz CT molecular complexity index is 1210. The molecule has 4 rings (SSSR count). The Kier molecular flexibility index (Phi) is 11.5. The number of rotatable bonds is 2. The van der Waals surface area contributed by atoms with E-state index in [4.69, 9.17) is 0 Å². The Balaban J connectivity index is 0.000000216. The van der Waals surface area contributed by atoms with E-state index in [2.05, 4.69) is 150 Å². The molecule has 0 saturated heterocycles. The van der Waals surface area contributed by atoms with Crippen LogP contribution in [-0.4, -0.2) is 3.21 Å². The molecule has 1 heteroatoms. The Morgan fingerprint density at radius 1 is 0.789 bits per heavy atom. The van der Waals surface area contributed by atoms with Gasteiger partial charge < -0.3 is 0 Å². The molecule has 38 heavy (non-hydrogen) atoms. The first kappa shape index (κ1) is 32.4. The van der Waals surface area contributed by atoms with Crippen LogP contribution >= 0.6 is 0 Å². The molecule has 0 heterocycles. The molecule has 0 spiro atoms. The number of hydrogen-bond acceptors (Lipinski definition) is 0. The third-order valence-corrected chi connectivity index (χ3v) is 8.78. The van der Waals surface area contributed by atoms with Crippen LogP contribution in [0.2, 0.25) is 0 Å². The molecule has 0 nitrogen and oxygen atoms in total. The van der Waals surface area contributed by atoms with Crippen LogP contribution in [-0.2, 0) is 24.2 Å².